The highest BCUT2D eigenvalue weighted by Crippen LogP contribution is 2.21. The molecule has 0 aromatic heterocycles. The minimum absolute atomic E-state index is 0.145. The van der Waals surface area contributed by atoms with Crippen LogP contribution in [0, 0.1) is 5.92 Å². The molecule has 0 aliphatic rings. The van der Waals surface area contributed by atoms with Crippen LogP contribution in [-0.4, -0.2) is 54.1 Å². The van der Waals surface area contributed by atoms with Crippen molar-refractivity contribution in [2.24, 2.45) is 5.92 Å². The third kappa shape index (κ3) is 6.01. The predicted molar refractivity (Wildman–Crippen MR) is 80.3 cm³/mol. The number of sulfonamides is 1. The summed E-state index contributed by atoms with van der Waals surface area (Å²) >= 11 is 0. The summed E-state index contributed by atoms with van der Waals surface area (Å²) in [6.07, 6.45) is -0.262. The van der Waals surface area contributed by atoms with Crippen molar-refractivity contribution in [1.82, 2.24) is 9.62 Å². The van der Waals surface area contributed by atoms with Crippen LogP contribution in [0.15, 0.2) is 0 Å². The van der Waals surface area contributed by atoms with Gasteiger partial charge in [-0.1, -0.05) is 27.7 Å². The average Bonchev–Trinajstić information content (AvgIpc) is 2.27. The van der Waals surface area contributed by atoms with Gasteiger partial charge in [0.1, 0.15) is 5.75 Å². The lowest BCUT2D eigenvalue weighted by molar-refractivity contribution is -0.139. The number of carboxylic acids is 1. The Morgan fingerprint density at radius 2 is 1.71 bits per heavy atom. The molecule has 0 spiro atoms. The molecule has 0 radical (unpaired) electrons. The Bertz CT molecular complexity index is 471. The Morgan fingerprint density at radius 1 is 1.24 bits per heavy atom. The van der Waals surface area contributed by atoms with Crippen molar-refractivity contribution in [3.8, 4) is 0 Å². The maximum Gasteiger partial charge on any atom is 0.305 e. The van der Waals surface area contributed by atoms with Crippen LogP contribution in [0.25, 0.3) is 0 Å². The van der Waals surface area contributed by atoms with Crippen LogP contribution in [-0.2, 0) is 19.6 Å². The van der Waals surface area contributed by atoms with Gasteiger partial charge in [-0.3, -0.25) is 9.59 Å². The minimum atomic E-state index is -3.67. The molecule has 1 amide bonds. The fraction of sp³-hybridized carbons (Fsp3) is 0.846. The zero-order valence-electron chi connectivity index (χ0n) is 13.3. The van der Waals surface area contributed by atoms with Gasteiger partial charge >= 0.3 is 5.97 Å². The van der Waals surface area contributed by atoms with Gasteiger partial charge in [-0.05, 0) is 12.8 Å². The van der Waals surface area contributed by atoms with Crippen LogP contribution in [0.5, 0.6) is 0 Å². The number of carbonyl (C=O) groups is 2. The summed E-state index contributed by atoms with van der Waals surface area (Å²) in [4.78, 5) is 22.9. The fourth-order valence-corrected chi connectivity index (χ4v) is 3.31. The minimum Gasteiger partial charge on any atom is -0.481 e. The van der Waals surface area contributed by atoms with Gasteiger partial charge in [-0.25, -0.2) is 12.7 Å². The summed E-state index contributed by atoms with van der Waals surface area (Å²) in [5, 5.41) is 11.5. The number of hydrogen-bond donors (Lipinski definition) is 2. The molecular formula is C13H26N2O5S. The quantitative estimate of drug-likeness (QED) is 0.649. The van der Waals surface area contributed by atoms with Gasteiger partial charge in [-0.15, -0.1) is 0 Å². The zero-order chi connectivity index (χ0) is 16.8. The number of nitrogens with one attached hydrogen (secondary N) is 1. The van der Waals surface area contributed by atoms with E-state index in [1.807, 2.05) is 0 Å². The van der Waals surface area contributed by atoms with Crippen LogP contribution >= 0.6 is 0 Å². The van der Waals surface area contributed by atoms with Crippen molar-refractivity contribution < 1.29 is 23.1 Å². The van der Waals surface area contributed by atoms with Crippen molar-refractivity contribution in [1.29, 1.82) is 0 Å². The largest absolute Gasteiger partial charge is 0.481 e. The van der Waals surface area contributed by atoms with Gasteiger partial charge in [0.25, 0.3) is 0 Å². The highest BCUT2D eigenvalue weighted by atomic mass is 32.2. The molecule has 0 saturated heterocycles. The van der Waals surface area contributed by atoms with E-state index in [0.29, 0.717) is 13.1 Å². The van der Waals surface area contributed by atoms with E-state index in [-0.39, 0.29) is 12.3 Å². The van der Waals surface area contributed by atoms with Gasteiger partial charge in [0, 0.05) is 18.6 Å². The molecular weight excluding hydrogens is 296 g/mol. The highest BCUT2D eigenvalue weighted by molar-refractivity contribution is 7.89. The monoisotopic (exact) mass is 322 g/mol. The van der Waals surface area contributed by atoms with Crippen LogP contribution in [0.2, 0.25) is 0 Å². The molecule has 0 rings (SSSR count). The molecule has 0 saturated carbocycles. The second-order valence-corrected chi connectivity index (χ2v) is 7.50. The van der Waals surface area contributed by atoms with E-state index in [2.05, 4.69) is 5.32 Å². The molecule has 0 aromatic rings. The Labute approximate surface area is 126 Å². The zero-order valence-corrected chi connectivity index (χ0v) is 14.2. The molecule has 0 fully saturated rings. The number of carbonyl (C=O) groups excluding carboxylic acids is 1. The number of amides is 1. The molecule has 21 heavy (non-hydrogen) atoms. The molecule has 8 heteroatoms. The smallest absolute Gasteiger partial charge is 0.305 e. The maximum absolute atomic E-state index is 12.0. The summed E-state index contributed by atoms with van der Waals surface area (Å²) in [5.74, 6) is -2.54. The standard InChI is InChI=1S/C13H26N2O5S/c1-6-15(7-2)21(19,20)9-11(16)14-13(5,10(3)4)8-12(17)18/h10H,6-9H2,1-5H3,(H,14,16)(H,17,18). The van der Waals surface area contributed by atoms with Gasteiger partial charge in [-0.2, -0.15) is 0 Å². The molecule has 1 atom stereocenters. The number of hydrogen-bond acceptors (Lipinski definition) is 4. The lowest BCUT2D eigenvalue weighted by Gasteiger charge is -2.33. The fourth-order valence-electron chi connectivity index (χ4n) is 1.94. The first-order chi connectivity index (χ1) is 9.48. The number of rotatable bonds is 9. The van der Waals surface area contributed by atoms with Gasteiger partial charge in [0.05, 0.1) is 6.42 Å². The Balaban J connectivity index is 4.99. The molecule has 0 aliphatic heterocycles. The summed E-state index contributed by atoms with van der Waals surface area (Å²) in [7, 11) is -3.67. The SMILES string of the molecule is CCN(CC)S(=O)(=O)CC(=O)NC(C)(CC(=O)O)C(C)C. The van der Waals surface area contributed by atoms with Crippen LogP contribution < -0.4 is 5.32 Å². The van der Waals surface area contributed by atoms with Crippen LogP contribution in [0.1, 0.15) is 41.0 Å². The van der Waals surface area contributed by atoms with Crippen LogP contribution in [0.4, 0.5) is 0 Å². The highest BCUT2D eigenvalue weighted by Gasteiger charge is 2.34. The molecule has 0 bridgehead atoms. The molecule has 1 unspecified atom stereocenters. The Morgan fingerprint density at radius 3 is 2.05 bits per heavy atom. The third-order valence-corrected chi connectivity index (χ3v) is 5.56. The Hall–Kier alpha value is -1.15. The van der Waals surface area contributed by atoms with Crippen molar-refractivity contribution in [3.05, 3.63) is 0 Å². The summed E-state index contributed by atoms with van der Waals surface area (Å²) < 4.78 is 25.3. The van der Waals surface area contributed by atoms with Gasteiger partial charge < -0.3 is 10.4 Å². The first kappa shape index (κ1) is 19.9. The molecule has 7 nitrogen and oxygen atoms in total. The topological polar surface area (TPSA) is 104 Å². The number of nitrogens with zero attached hydrogens (tertiary/aromatic N) is 1. The third-order valence-electron chi connectivity index (χ3n) is 3.63. The summed E-state index contributed by atoms with van der Waals surface area (Å²) in [6, 6.07) is 0. The van der Waals surface area contributed by atoms with E-state index in [1.165, 1.54) is 4.31 Å². The number of aliphatic carboxylic acids is 1. The van der Waals surface area contributed by atoms with Crippen molar-refractivity contribution >= 4 is 21.9 Å². The average molecular weight is 322 g/mol. The van der Waals surface area contributed by atoms with E-state index in [1.54, 1.807) is 34.6 Å². The van der Waals surface area contributed by atoms with Crippen LogP contribution in [0.3, 0.4) is 0 Å². The van der Waals surface area contributed by atoms with E-state index in [4.69, 9.17) is 5.11 Å². The molecule has 0 aromatic carbocycles. The van der Waals surface area contributed by atoms with Crippen molar-refractivity contribution in [2.75, 3.05) is 18.8 Å². The maximum atomic E-state index is 12.0. The van der Waals surface area contributed by atoms with Gasteiger partial charge in [0.15, 0.2) is 0 Å². The second-order valence-electron chi connectivity index (χ2n) is 5.53. The molecule has 0 aliphatic carbocycles. The number of carboxylic acid groups (broad SMARTS) is 1. The first-order valence-corrected chi connectivity index (χ1v) is 8.60. The van der Waals surface area contributed by atoms with Crippen molar-refractivity contribution in [3.63, 3.8) is 0 Å². The van der Waals surface area contributed by atoms with Crippen molar-refractivity contribution in [2.45, 2.75) is 46.6 Å². The molecule has 2 N–H and O–H groups in total. The van der Waals surface area contributed by atoms with Gasteiger partial charge in [0.2, 0.25) is 15.9 Å². The van der Waals surface area contributed by atoms with E-state index in [9.17, 15) is 18.0 Å². The second kappa shape index (κ2) is 7.74. The first-order valence-electron chi connectivity index (χ1n) is 6.99. The summed E-state index contributed by atoms with van der Waals surface area (Å²) in [5.41, 5.74) is -0.984. The predicted octanol–water partition coefficient (Wildman–Crippen LogP) is 0.664. The van der Waals surface area contributed by atoms with E-state index >= 15 is 0 Å². The lowest BCUT2D eigenvalue weighted by Crippen LogP contribution is -2.53. The van der Waals surface area contributed by atoms with E-state index in [0.717, 1.165) is 0 Å². The normalized spacial score (nSPS) is 15.0. The molecule has 0 heterocycles. The van der Waals surface area contributed by atoms with E-state index < -0.39 is 33.2 Å². The lowest BCUT2D eigenvalue weighted by atomic mass is 9.85. The summed E-state index contributed by atoms with van der Waals surface area (Å²) in [6.45, 7) is 9.15. The Kier molecular flexibility index (Phi) is 7.32. The molecule has 124 valence electrons.